The number of nitrogens with zero attached hydrogens (tertiary/aromatic N) is 1. The van der Waals surface area contributed by atoms with Gasteiger partial charge in [0.25, 0.3) is 0 Å². The summed E-state index contributed by atoms with van der Waals surface area (Å²) < 4.78 is 25.2. The average Bonchev–Trinajstić information content (AvgIpc) is 2.35. The lowest BCUT2D eigenvalue weighted by molar-refractivity contribution is 0.320. The fraction of sp³-hybridized carbons (Fsp3) is 0.889. The first kappa shape index (κ1) is 12.9. The number of rotatable bonds is 4. The lowest BCUT2D eigenvalue weighted by Gasteiger charge is -2.24. The summed E-state index contributed by atoms with van der Waals surface area (Å²) in [5.74, 6) is 0.455. The van der Waals surface area contributed by atoms with Crippen LogP contribution >= 0.6 is 12.2 Å². The molecule has 0 aliphatic carbocycles. The zero-order valence-corrected chi connectivity index (χ0v) is 10.8. The van der Waals surface area contributed by atoms with Crippen LogP contribution < -0.4 is 5.73 Å². The predicted octanol–water partition coefficient (Wildman–Crippen LogP) is 0.723. The van der Waals surface area contributed by atoms with E-state index >= 15 is 0 Å². The van der Waals surface area contributed by atoms with Gasteiger partial charge in [0.2, 0.25) is 10.0 Å². The van der Waals surface area contributed by atoms with Gasteiger partial charge in [0.15, 0.2) is 0 Å². The minimum atomic E-state index is -3.08. The summed E-state index contributed by atoms with van der Waals surface area (Å²) in [7, 11) is -3.08. The van der Waals surface area contributed by atoms with Crippen molar-refractivity contribution >= 4 is 27.2 Å². The Morgan fingerprint density at radius 2 is 2.27 bits per heavy atom. The molecule has 1 heterocycles. The van der Waals surface area contributed by atoms with Crippen molar-refractivity contribution in [1.82, 2.24) is 4.31 Å². The van der Waals surface area contributed by atoms with Crippen LogP contribution in [0.15, 0.2) is 0 Å². The van der Waals surface area contributed by atoms with Gasteiger partial charge >= 0.3 is 0 Å². The Morgan fingerprint density at radius 3 is 2.60 bits per heavy atom. The van der Waals surface area contributed by atoms with Gasteiger partial charge in [0.05, 0.1) is 10.7 Å². The second-order valence-electron chi connectivity index (χ2n) is 4.19. The first-order valence-electron chi connectivity index (χ1n) is 5.14. The molecule has 2 N–H and O–H groups in total. The van der Waals surface area contributed by atoms with E-state index in [0.29, 0.717) is 18.0 Å². The van der Waals surface area contributed by atoms with Crippen LogP contribution in [-0.2, 0) is 10.0 Å². The molecule has 0 saturated carbocycles. The molecular formula is C9H18N2O2S2. The highest BCUT2D eigenvalue weighted by Crippen LogP contribution is 2.24. The molecule has 0 aromatic rings. The van der Waals surface area contributed by atoms with E-state index in [4.69, 9.17) is 18.0 Å². The van der Waals surface area contributed by atoms with Gasteiger partial charge in [0, 0.05) is 19.0 Å². The summed E-state index contributed by atoms with van der Waals surface area (Å²) in [6, 6.07) is -0.0579. The van der Waals surface area contributed by atoms with Crippen molar-refractivity contribution in [3.63, 3.8) is 0 Å². The third kappa shape index (κ3) is 3.12. The van der Waals surface area contributed by atoms with Gasteiger partial charge in [-0.25, -0.2) is 8.42 Å². The normalized spacial score (nSPS) is 27.7. The van der Waals surface area contributed by atoms with E-state index in [1.165, 1.54) is 0 Å². The van der Waals surface area contributed by atoms with E-state index in [0.717, 1.165) is 6.42 Å². The van der Waals surface area contributed by atoms with Crippen molar-refractivity contribution in [2.45, 2.75) is 32.7 Å². The quantitative estimate of drug-likeness (QED) is 0.747. The number of hydrogen-bond acceptors (Lipinski definition) is 3. The molecule has 0 bridgehead atoms. The minimum Gasteiger partial charge on any atom is -0.393 e. The first-order valence-corrected chi connectivity index (χ1v) is 7.16. The van der Waals surface area contributed by atoms with E-state index in [1.807, 2.05) is 13.8 Å². The van der Waals surface area contributed by atoms with Gasteiger partial charge in [0.1, 0.15) is 0 Å². The summed E-state index contributed by atoms with van der Waals surface area (Å²) >= 11 is 4.83. The van der Waals surface area contributed by atoms with Gasteiger partial charge in [-0.1, -0.05) is 26.1 Å². The van der Waals surface area contributed by atoms with E-state index in [1.54, 1.807) is 4.31 Å². The van der Waals surface area contributed by atoms with Crippen LogP contribution in [-0.4, -0.2) is 36.1 Å². The summed E-state index contributed by atoms with van der Waals surface area (Å²) in [5.41, 5.74) is 5.47. The summed E-state index contributed by atoms with van der Waals surface area (Å²) in [5, 5.41) is 0. The van der Waals surface area contributed by atoms with Gasteiger partial charge < -0.3 is 5.73 Å². The molecule has 2 atom stereocenters. The molecule has 0 aromatic heterocycles. The maximum Gasteiger partial charge on any atom is 0.214 e. The molecule has 0 amide bonds. The molecule has 6 heteroatoms. The molecule has 0 radical (unpaired) electrons. The maximum absolute atomic E-state index is 11.8. The third-order valence-corrected chi connectivity index (χ3v) is 4.98. The van der Waals surface area contributed by atoms with Crippen LogP contribution in [0.2, 0.25) is 0 Å². The van der Waals surface area contributed by atoms with Crippen molar-refractivity contribution in [3.8, 4) is 0 Å². The van der Waals surface area contributed by atoms with Crippen molar-refractivity contribution in [2.75, 3.05) is 12.3 Å². The van der Waals surface area contributed by atoms with Gasteiger partial charge in [-0.15, -0.1) is 0 Å². The molecule has 4 nitrogen and oxygen atoms in total. The Labute approximate surface area is 96.9 Å². The predicted molar refractivity (Wildman–Crippen MR) is 65.1 cm³/mol. The lowest BCUT2D eigenvalue weighted by atomic mass is 10.1. The van der Waals surface area contributed by atoms with Crippen LogP contribution in [0.3, 0.4) is 0 Å². The van der Waals surface area contributed by atoms with E-state index in [2.05, 4.69) is 0 Å². The zero-order valence-electron chi connectivity index (χ0n) is 9.14. The number of nitrogens with two attached hydrogens (primary N) is 1. The highest BCUT2D eigenvalue weighted by atomic mass is 32.2. The molecule has 0 aromatic carbocycles. The molecular weight excluding hydrogens is 232 g/mol. The largest absolute Gasteiger partial charge is 0.393 e. The van der Waals surface area contributed by atoms with Crippen LogP contribution in [0.5, 0.6) is 0 Å². The fourth-order valence-corrected chi connectivity index (χ4v) is 4.35. The summed E-state index contributed by atoms with van der Waals surface area (Å²) in [6.45, 7) is 4.51. The van der Waals surface area contributed by atoms with Crippen LogP contribution in [0, 0.1) is 5.92 Å². The Bertz CT molecular complexity index is 340. The smallest absolute Gasteiger partial charge is 0.214 e. The Morgan fingerprint density at radius 1 is 1.67 bits per heavy atom. The van der Waals surface area contributed by atoms with Gasteiger partial charge in [-0.3, -0.25) is 0 Å². The SMILES string of the molecule is CCC(CC(N)=S)N1CC(C)CS1(=O)=O. The van der Waals surface area contributed by atoms with E-state index in [-0.39, 0.29) is 17.7 Å². The molecule has 1 aliphatic heterocycles. The number of sulfonamides is 1. The van der Waals surface area contributed by atoms with Crippen LogP contribution in [0.4, 0.5) is 0 Å². The standard InChI is InChI=1S/C9H18N2O2S2/c1-3-8(4-9(10)14)11-5-7(2)6-15(11,12)13/h7-8H,3-6H2,1-2H3,(H2,10,14). The molecule has 15 heavy (non-hydrogen) atoms. The van der Waals surface area contributed by atoms with Crippen molar-refractivity contribution < 1.29 is 8.42 Å². The zero-order chi connectivity index (χ0) is 11.6. The van der Waals surface area contributed by atoms with Gasteiger partial charge in [-0.2, -0.15) is 4.31 Å². The van der Waals surface area contributed by atoms with Gasteiger partial charge in [-0.05, 0) is 12.3 Å². The Kier molecular flexibility index (Phi) is 4.08. The highest BCUT2D eigenvalue weighted by molar-refractivity contribution is 7.89. The second kappa shape index (κ2) is 4.76. The highest BCUT2D eigenvalue weighted by Gasteiger charge is 2.37. The fourth-order valence-electron chi connectivity index (χ4n) is 1.99. The van der Waals surface area contributed by atoms with Crippen molar-refractivity contribution in [2.24, 2.45) is 11.7 Å². The topological polar surface area (TPSA) is 63.4 Å². The van der Waals surface area contributed by atoms with E-state index < -0.39 is 10.0 Å². The molecule has 2 unspecified atom stereocenters. The molecule has 1 aliphatic rings. The second-order valence-corrected chi connectivity index (χ2v) is 6.68. The summed E-state index contributed by atoms with van der Waals surface area (Å²) in [4.78, 5) is 0.386. The lowest BCUT2D eigenvalue weighted by Crippen LogP contribution is -2.38. The first-order chi connectivity index (χ1) is 6.86. The Hall–Kier alpha value is -0.200. The molecule has 1 rings (SSSR count). The molecule has 1 fully saturated rings. The van der Waals surface area contributed by atoms with E-state index in [9.17, 15) is 8.42 Å². The molecule has 0 spiro atoms. The monoisotopic (exact) mass is 250 g/mol. The number of hydrogen-bond donors (Lipinski definition) is 1. The van der Waals surface area contributed by atoms with Crippen molar-refractivity contribution in [1.29, 1.82) is 0 Å². The minimum absolute atomic E-state index is 0.0579. The Balaban J connectivity index is 2.81. The van der Waals surface area contributed by atoms with Crippen LogP contribution in [0.25, 0.3) is 0 Å². The van der Waals surface area contributed by atoms with Crippen molar-refractivity contribution in [3.05, 3.63) is 0 Å². The number of thiocarbonyl (C=S) groups is 1. The average molecular weight is 250 g/mol. The van der Waals surface area contributed by atoms with Crippen LogP contribution in [0.1, 0.15) is 26.7 Å². The molecule has 88 valence electrons. The third-order valence-electron chi connectivity index (χ3n) is 2.66. The molecule has 1 saturated heterocycles. The maximum atomic E-state index is 11.8. The summed E-state index contributed by atoms with van der Waals surface area (Å²) in [6.07, 6.45) is 1.24.